The fourth-order valence-electron chi connectivity index (χ4n) is 1.98. The van der Waals surface area contributed by atoms with E-state index in [-0.39, 0.29) is 5.09 Å². The van der Waals surface area contributed by atoms with Crippen LogP contribution in [0.4, 0.5) is 0 Å². The molecule has 5 nitrogen and oxygen atoms in total. The van der Waals surface area contributed by atoms with Crippen molar-refractivity contribution < 1.29 is 12.8 Å². The molecule has 1 aromatic rings. The number of primary sulfonamides is 1. The maximum atomic E-state index is 11.0. The summed E-state index contributed by atoms with van der Waals surface area (Å²) in [7, 11) is -3.71. The van der Waals surface area contributed by atoms with Crippen molar-refractivity contribution in [1.82, 2.24) is 5.32 Å². The van der Waals surface area contributed by atoms with Crippen LogP contribution < -0.4 is 10.5 Å². The summed E-state index contributed by atoms with van der Waals surface area (Å²) in [5.74, 6) is 0.607. The Morgan fingerprint density at radius 1 is 1.38 bits per heavy atom. The van der Waals surface area contributed by atoms with E-state index < -0.39 is 10.0 Å². The molecule has 1 aliphatic carbocycles. The van der Waals surface area contributed by atoms with Gasteiger partial charge in [0.15, 0.2) is 0 Å². The first-order valence-corrected chi connectivity index (χ1v) is 6.95. The highest BCUT2D eigenvalue weighted by Crippen LogP contribution is 2.19. The predicted molar refractivity (Wildman–Crippen MR) is 59.2 cm³/mol. The Labute approximate surface area is 95.1 Å². The van der Waals surface area contributed by atoms with E-state index in [4.69, 9.17) is 9.56 Å². The summed E-state index contributed by atoms with van der Waals surface area (Å²) in [6.07, 6.45) is 4.89. The zero-order valence-electron chi connectivity index (χ0n) is 8.98. The standard InChI is InChI=1S/C10H16N2O3S/c11-16(13,14)10-6-5-9(15-10)7-12-8-3-1-2-4-8/h5-6,8,12H,1-4,7H2,(H2,11,13,14). The molecule has 0 amide bonds. The van der Waals surface area contributed by atoms with E-state index in [9.17, 15) is 8.42 Å². The van der Waals surface area contributed by atoms with Gasteiger partial charge in [0.2, 0.25) is 5.09 Å². The highest BCUT2D eigenvalue weighted by atomic mass is 32.2. The van der Waals surface area contributed by atoms with Gasteiger partial charge in [-0.2, -0.15) is 0 Å². The molecule has 16 heavy (non-hydrogen) atoms. The largest absolute Gasteiger partial charge is 0.447 e. The molecule has 90 valence electrons. The van der Waals surface area contributed by atoms with E-state index in [0.29, 0.717) is 18.3 Å². The molecule has 0 radical (unpaired) electrons. The van der Waals surface area contributed by atoms with Gasteiger partial charge in [-0.1, -0.05) is 12.8 Å². The van der Waals surface area contributed by atoms with E-state index >= 15 is 0 Å². The lowest BCUT2D eigenvalue weighted by molar-refractivity contribution is 0.389. The molecule has 0 bridgehead atoms. The molecule has 0 aliphatic heterocycles. The molecule has 2 rings (SSSR count). The molecule has 1 aromatic heterocycles. The highest BCUT2D eigenvalue weighted by molar-refractivity contribution is 7.89. The number of hydrogen-bond acceptors (Lipinski definition) is 4. The van der Waals surface area contributed by atoms with Crippen molar-refractivity contribution in [2.24, 2.45) is 5.14 Å². The summed E-state index contributed by atoms with van der Waals surface area (Å²) in [5, 5.41) is 8.11. The van der Waals surface area contributed by atoms with Gasteiger partial charge in [0.25, 0.3) is 10.0 Å². The molecule has 6 heteroatoms. The summed E-state index contributed by atoms with van der Waals surface area (Å²) in [4.78, 5) is 0. The van der Waals surface area contributed by atoms with Crippen molar-refractivity contribution in [1.29, 1.82) is 0 Å². The third kappa shape index (κ3) is 2.84. The maximum absolute atomic E-state index is 11.0. The number of nitrogens with two attached hydrogens (primary N) is 1. The van der Waals surface area contributed by atoms with Gasteiger partial charge in [-0.25, -0.2) is 13.6 Å². The van der Waals surface area contributed by atoms with E-state index in [2.05, 4.69) is 5.32 Å². The average Bonchev–Trinajstić information content (AvgIpc) is 2.85. The van der Waals surface area contributed by atoms with Gasteiger partial charge in [-0.3, -0.25) is 0 Å². The molecule has 3 N–H and O–H groups in total. The topological polar surface area (TPSA) is 85.3 Å². The molecular formula is C10H16N2O3S. The molecule has 0 aromatic carbocycles. The number of nitrogens with one attached hydrogen (secondary N) is 1. The van der Waals surface area contributed by atoms with Crippen molar-refractivity contribution in [3.63, 3.8) is 0 Å². The average molecular weight is 244 g/mol. The molecule has 0 unspecified atom stereocenters. The van der Waals surface area contributed by atoms with Gasteiger partial charge in [0.1, 0.15) is 5.76 Å². The minimum absolute atomic E-state index is 0.171. The monoisotopic (exact) mass is 244 g/mol. The third-order valence-corrected chi connectivity index (χ3v) is 3.62. The second-order valence-corrected chi connectivity index (χ2v) is 5.62. The smallest absolute Gasteiger partial charge is 0.271 e. The van der Waals surface area contributed by atoms with Crippen molar-refractivity contribution >= 4 is 10.0 Å². The van der Waals surface area contributed by atoms with Crippen LogP contribution >= 0.6 is 0 Å². The van der Waals surface area contributed by atoms with Crippen molar-refractivity contribution in [3.05, 3.63) is 17.9 Å². The van der Waals surface area contributed by atoms with Gasteiger partial charge in [0, 0.05) is 6.04 Å². The van der Waals surface area contributed by atoms with Crippen LogP contribution in [0.1, 0.15) is 31.4 Å². The third-order valence-electron chi connectivity index (χ3n) is 2.84. The number of hydrogen-bond donors (Lipinski definition) is 2. The van der Waals surface area contributed by atoms with E-state index in [1.165, 1.54) is 31.7 Å². The van der Waals surface area contributed by atoms with Gasteiger partial charge >= 0.3 is 0 Å². The second-order valence-electron chi connectivity index (χ2n) is 4.13. The van der Waals surface area contributed by atoms with E-state index in [1.807, 2.05) is 0 Å². The van der Waals surface area contributed by atoms with Gasteiger partial charge in [0.05, 0.1) is 6.54 Å². The van der Waals surface area contributed by atoms with Crippen LogP contribution in [0.2, 0.25) is 0 Å². The minimum atomic E-state index is -3.71. The zero-order valence-corrected chi connectivity index (χ0v) is 9.79. The Morgan fingerprint density at radius 2 is 2.06 bits per heavy atom. The van der Waals surface area contributed by atoms with Gasteiger partial charge in [-0.05, 0) is 25.0 Å². The van der Waals surface area contributed by atoms with Crippen LogP contribution in [0.15, 0.2) is 21.6 Å². The highest BCUT2D eigenvalue weighted by Gasteiger charge is 2.16. The molecular weight excluding hydrogens is 228 g/mol. The first-order valence-electron chi connectivity index (χ1n) is 5.40. The van der Waals surface area contributed by atoms with Crippen molar-refractivity contribution in [2.75, 3.05) is 0 Å². The molecule has 1 heterocycles. The minimum Gasteiger partial charge on any atom is -0.447 e. The summed E-state index contributed by atoms with van der Waals surface area (Å²) in [6.45, 7) is 0.556. The predicted octanol–water partition coefficient (Wildman–Crippen LogP) is 0.959. The van der Waals surface area contributed by atoms with Crippen LogP contribution in [0.3, 0.4) is 0 Å². The molecule has 1 fully saturated rings. The molecule has 0 spiro atoms. The molecule has 1 saturated carbocycles. The van der Waals surface area contributed by atoms with Crippen molar-refractivity contribution in [3.8, 4) is 0 Å². The quantitative estimate of drug-likeness (QED) is 0.826. The fraction of sp³-hybridized carbons (Fsp3) is 0.600. The van der Waals surface area contributed by atoms with E-state index in [0.717, 1.165) is 0 Å². The number of furan rings is 1. The van der Waals surface area contributed by atoms with Crippen LogP contribution in [0.5, 0.6) is 0 Å². The molecule has 0 atom stereocenters. The maximum Gasteiger partial charge on any atom is 0.271 e. The Hall–Kier alpha value is -0.850. The Morgan fingerprint density at radius 3 is 2.62 bits per heavy atom. The van der Waals surface area contributed by atoms with Crippen LogP contribution in [0.25, 0.3) is 0 Å². The molecule has 1 aliphatic rings. The van der Waals surface area contributed by atoms with Gasteiger partial charge < -0.3 is 9.73 Å². The summed E-state index contributed by atoms with van der Waals surface area (Å²) < 4.78 is 27.1. The summed E-state index contributed by atoms with van der Waals surface area (Å²) in [5.41, 5.74) is 0. The first kappa shape index (κ1) is 11.6. The second kappa shape index (κ2) is 4.57. The lowest BCUT2D eigenvalue weighted by atomic mass is 10.2. The number of sulfonamides is 1. The van der Waals surface area contributed by atoms with Crippen LogP contribution in [-0.4, -0.2) is 14.5 Å². The SMILES string of the molecule is NS(=O)(=O)c1ccc(CNC2CCCC2)o1. The Bertz CT molecular complexity index is 446. The Kier molecular flexibility index (Phi) is 3.32. The van der Waals surface area contributed by atoms with E-state index in [1.54, 1.807) is 6.07 Å². The normalized spacial score (nSPS) is 18.1. The lowest BCUT2D eigenvalue weighted by Gasteiger charge is -2.09. The summed E-state index contributed by atoms with van der Waals surface area (Å²) >= 11 is 0. The van der Waals surface area contributed by atoms with Crippen LogP contribution in [0, 0.1) is 0 Å². The lowest BCUT2D eigenvalue weighted by Crippen LogP contribution is -2.25. The summed E-state index contributed by atoms with van der Waals surface area (Å²) in [6, 6.07) is 3.56. The molecule has 0 saturated heterocycles. The van der Waals surface area contributed by atoms with Gasteiger partial charge in [-0.15, -0.1) is 0 Å². The number of rotatable bonds is 4. The van der Waals surface area contributed by atoms with Crippen molar-refractivity contribution in [2.45, 2.75) is 43.4 Å². The Balaban J connectivity index is 1.92. The fourth-order valence-corrected chi connectivity index (χ4v) is 2.46. The first-order chi connectivity index (χ1) is 7.55. The van der Waals surface area contributed by atoms with Crippen LogP contribution in [-0.2, 0) is 16.6 Å². The zero-order chi connectivity index (χ0) is 11.6.